The topological polar surface area (TPSA) is 49.8 Å². The maximum absolute atomic E-state index is 11.5. The standard InChI is InChI=1S/C13H17NO3/c15-8-7-14(12-6-9-17-13(12)16)10-11-4-2-1-3-5-11/h1-5,12,15H,6-10H2. The summed E-state index contributed by atoms with van der Waals surface area (Å²) in [7, 11) is 0. The molecule has 1 heterocycles. The van der Waals surface area contributed by atoms with E-state index < -0.39 is 0 Å². The first-order chi connectivity index (χ1) is 8.31. The Labute approximate surface area is 101 Å². The Kier molecular flexibility index (Phi) is 4.12. The molecule has 1 saturated heterocycles. The molecule has 1 fully saturated rings. The Hall–Kier alpha value is -1.39. The van der Waals surface area contributed by atoms with E-state index in [0.717, 1.165) is 5.56 Å². The van der Waals surface area contributed by atoms with Crippen molar-refractivity contribution >= 4 is 5.97 Å². The highest BCUT2D eigenvalue weighted by molar-refractivity contribution is 5.77. The number of benzene rings is 1. The molecule has 4 heteroatoms. The van der Waals surface area contributed by atoms with Crippen molar-refractivity contribution in [3.05, 3.63) is 35.9 Å². The third kappa shape index (κ3) is 3.05. The van der Waals surface area contributed by atoms with Gasteiger partial charge in [0.2, 0.25) is 0 Å². The van der Waals surface area contributed by atoms with E-state index >= 15 is 0 Å². The summed E-state index contributed by atoms with van der Waals surface area (Å²) in [6.07, 6.45) is 0.714. The number of ether oxygens (including phenoxy) is 1. The molecule has 0 saturated carbocycles. The van der Waals surface area contributed by atoms with E-state index in [2.05, 4.69) is 0 Å². The van der Waals surface area contributed by atoms with Gasteiger partial charge in [0.1, 0.15) is 6.04 Å². The molecule has 4 nitrogen and oxygen atoms in total. The van der Waals surface area contributed by atoms with Crippen LogP contribution in [0.15, 0.2) is 30.3 Å². The van der Waals surface area contributed by atoms with Crippen molar-refractivity contribution in [3.8, 4) is 0 Å². The van der Waals surface area contributed by atoms with Crippen LogP contribution >= 0.6 is 0 Å². The highest BCUT2D eigenvalue weighted by Gasteiger charge is 2.31. The second-order valence-corrected chi connectivity index (χ2v) is 4.15. The van der Waals surface area contributed by atoms with E-state index in [1.165, 1.54) is 0 Å². The summed E-state index contributed by atoms with van der Waals surface area (Å²) in [5, 5.41) is 9.07. The zero-order valence-electron chi connectivity index (χ0n) is 9.71. The molecule has 1 aliphatic rings. The predicted octanol–water partition coefficient (Wildman–Crippen LogP) is 0.796. The molecule has 0 radical (unpaired) electrons. The maximum Gasteiger partial charge on any atom is 0.323 e. The fraction of sp³-hybridized carbons (Fsp3) is 0.462. The SMILES string of the molecule is O=C1OCCC1N(CCO)Cc1ccccc1. The van der Waals surface area contributed by atoms with Crippen molar-refractivity contribution in [1.82, 2.24) is 4.90 Å². The first-order valence-electron chi connectivity index (χ1n) is 5.86. The van der Waals surface area contributed by atoms with Gasteiger partial charge in [-0.2, -0.15) is 0 Å². The van der Waals surface area contributed by atoms with Crippen LogP contribution in [0.5, 0.6) is 0 Å². The Morgan fingerprint density at radius 2 is 2.12 bits per heavy atom. The summed E-state index contributed by atoms with van der Waals surface area (Å²) in [5.41, 5.74) is 1.14. The highest BCUT2D eigenvalue weighted by atomic mass is 16.5. The zero-order valence-corrected chi connectivity index (χ0v) is 9.71. The van der Waals surface area contributed by atoms with Gasteiger partial charge in [-0.25, -0.2) is 0 Å². The molecular weight excluding hydrogens is 218 g/mol. The molecule has 0 spiro atoms. The fourth-order valence-electron chi connectivity index (χ4n) is 2.11. The average molecular weight is 235 g/mol. The number of aliphatic hydroxyl groups excluding tert-OH is 1. The van der Waals surface area contributed by atoms with Crippen molar-refractivity contribution in [3.63, 3.8) is 0 Å². The molecule has 92 valence electrons. The largest absolute Gasteiger partial charge is 0.464 e. The van der Waals surface area contributed by atoms with Gasteiger partial charge in [0.05, 0.1) is 13.2 Å². The van der Waals surface area contributed by atoms with Gasteiger partial charge in [-0.15, -0.1) is 0 Å². The molecule has 1 N–H and O–H groups in total. The predicted molar refractivity (Wildman–Crippen MR) is 63.3 cm³/mol. The van der Waals surface area contributed by atoms with Gasteiger partial charge in [0.25, 0.3) is 0 Å². The van der Waals surface area contributed by atoms with Crippen LogP contribution < -0.4 is 0 Å². The van der Waals surface area contributed by atoms with E-state index in [9.17, 15) is 4.79 Å². The van der Waals surface area contributed by atoms with Crippen LogP contribution in [0.2, 0.25) is 0 Å². The van der Waals surface area contributed by atoms with E-state index in [4.69, 9.17) is 9.84 Å². The van der Waals surface area contributed by atoms with E-state index in [1.54, 1.807) is 0 Å². The number of aliphatic hydroxyl groups is 1. The molecule has 2 rings (SSSR count). The number of nitrogens with zero attached hydrogens (tertiary/aromatic N) is 1. The van der Waals surface area contributed by atoms with E-state index in [-0.39, 0.29) is 18.6 Å². The molecule has 17 heavy (non-hydrogen) atoms. The van der Waals surface area contributed by atoms with Crippen molar-refractivity contribution in [2.75, 3.05) is 19.8 Å². The zero-order chi connectivity index (χ0) is 12.1. The monoisotopic (exact) mass is 235 g/mol. The smallest absolute Gasteiger partial charge is 0.323 e. The van der Waals surface area contributed by atoms with Crippen molar-refractivity contribution in [2.24, 2.45) is 0 Å². The second-order valence-electron chi connectivity index (χ2n) is 4.15. The minimum Gasteiger partial charge on any atom is -0.464 e. The molecule has 0 aliphatic carbocycles. The van der Waals surface area contributed by atoms with Crippen LogP contribution in [0.1, 0.15) is 12.0 Å². The van der Waals surface area contributed by atoms with Crippen molar-refractivity contribution < 1.29 is 14.6 Å². The average Bonchev–Trinajstić information content (AvgIpc) is 2.76. The minimum absolute atomic E-state index is 0.0522. The molecule has 0 aromatic heterocycles. The Balaban J connectivity index is 2.04. The fourth-order valence-corrected chi connectivity index (χ4v) is 2.11. The number of hydrogen-bond donors (Lipinski definition) is 1. The van der Waals surface area contributed by atoms with Gasteiger partial charge in [0.15, 0.2) is 0 Å². The van der Waals surface area contributed by atoms with Gasteiger partial charge in [-0.3, -0.25) is 9.69 Å². The lowest BCUT2D eigenvalue weighted by Gasteiger charge is -2.25. The molecular formula is C13H17NO3. The lowest BCUT2D eigenvalue weighted by atomic mass is 10.1. The van der Waals surface area contributed by atoms with Crippen molar-refractivity contribution in [2.45, 2.75) is 19.0 Å². The van der Waals surface area contributed by atoms with Gasteiger partial charge < -0.3 is 9.84 Å². The van der Waals surface area contributed by atoms with E-state index in [0.29, 0.717) is 26.1 Å². The quantitative estimate of drug-likeness (QED) is 0.767. The second kappa shape index (κ2) is 5.80. The highest BCUT2D eigenvalue weighted by Crippen LogP contribution is 2.16. The van der Waals surface area contributed by atoms with E-state index in [1.807, 2.05) is 35.2 Å². The number of rotatable bonds is 5. The summed E-state index contributed by atoms with van der Waals surface area (Å²) in [4.78, 5) is 13.5. The number of carbonyl (C=O) groups excluding carboxylic acids is 1. The first-order valence-corrected chi connectivity index (χ1v) is 5.86. The van der Waals surface area contributed by atoms with Crippen LogP contribution in [0.3, 0.4) is 0 Å². The maximum atomic E-state index is 11.5. The third-order valence-corrected chi connectivity index (χ3v) is 2.96. The number of cyclic esters (lactones) is 1. The Morgan fingerprint density at radius 3 is 2.71 bits per heavy atom. The Bertz CT molecular complexity index is 366. The van der Waals surface area contributed by atoms with Crippen LogP contribution in [-0.4, -0.2) is 41.8 Å². The summed E-state index contributed by atoms with van der Waals surface area (Å²) >= 11 is 0. The van der Waals surface area contributed by atoms with Crippen LogP contribution in [0.4, 0.5) is 0 Å². The van der Waals surface area contributed by atoms with Gasteiger partial charge in [-0.05, 0) is 5.56 Å². The number of hydrogen-bond acceptors (Lipinski definition) is 4. The summed E-state index contributed by atoms with van der Waals surface area (Å²) in [5.74, 6) is -0.172. The van der Waals surface area contributed by atoms with Crippen LogP contribution in [-0.2, 0) is 16.1 Å². The van der Waals surface area contributed by atoms with Crippen LogP contribution in [0.25, 0.3) is 0 Å². The van der Waals surface area contributed by atoms with Crippen LogP contribution in [0, 0.1) is 0 Å². The number of esters is 1. The molecule has 1 atom stereocenters. The number of carbonyl (C=O) groups is 1. The minimum atomic E-state index is -0.206. The third-order valence-electron chi connectivity index (χ3n) is 2.96. The summed E-state index contributed by atoms with van der Waals surface area (Å²) in [6, 6.07) is 9.74. The molecule has 0 amide bonds. The lowest BCUT2D eigenvalue weighted by molar-refractivity contribution is -0.142. The summed E-state index contributed by atoms with van der Waals surface area (Å²) < 4.78 is 4.97. The normalized spacial score (nSPS) is 19.6. The molecule has 1 aromatic rings. The van der Waals surface area contributed by atoms with Gasteiger partial charge in [-0.1, -0.05) is 30.3 Å². The first kappa shape index (κ1) is 12.1. The Morgan fingerprint density at radius 1 is 1.35 bits per heavy atom. The molecule has 1 aromatic carbocycles. The van der Waals surface area contributed by atoms with Gasteiger partial charge in [0, 0.05) is 19.5 Å². The van der Waals surface area contributed by atoms with Gasteiger partial charge >= 0.3 is 5.97 Å². The lowest BCUT2D eigenvalue weighted by Crippen LogP contribution is -2.39. The molecule has 1 unspecified atom stereocenters. The van der Waals surface area contributed by atoms with Crippen molar-refractivity contribution in [1.29, 1.82) is 0 Å². The molecule has 1 aliphatic heterocycles. The molecule has 0 bridgehead atoms. The summed E-state index contributed by atoms with van der Waals surface area (Å²) in [6.45, 7) is 1.70.